The van der Waals surface area contributed by atoms with Crippen LogP contribution in [0.4, 0.5) is 5.69 Å². The molecule has 9 nitrogen and oxygen atoms in total. The molecule has 2 aromatic heterocycles. The van der Waals surface area contributed by atoms with E-state index in [0.29, 0.717) is 18.8 Å². The molecule has 3 rings (SSSR count). The van der Waals surface area contributed by atoms with Gasteiger partial charge in [0.25, 0.3) is 11.6 Å². The van der Waals surface area contributed by atoms with Crippen LogP contribution in [0.25, 0.3) is 5.69 Å². The summed E-state index contributed by atoms with van der Waals surface area (Å²) >= 11 is 0. The fraction of sp³-hybridized carbons (Fsp3) is 0.235. The van der Waals surface area contributed by atoms with Crippen molar-refractivity contribution in [3.05, 3.63) is 71.1 Å². The average Bonchev–Trinajstić information content (AvgIpc) is 3.33. The third-order valence-corrected chi connectivity index (χ3v) is 3.89. The standard InChI is InChI=1S/C17H18N6O3/c1-13(11-22-7-2-5-20-22)10-19-17(24)14-3-4-15(16(9-14)23(25)26)21-8-6-18-12-21/h2-9,12-13H,10-11H2,1H3,(H,19,24). The first-order chi connectivity index (χ1) is 12.5. The number of hydrogen-bond donors (Lipinski definition) is 1. The molecule has 1 N–H and O–H groups in total. The first-order valence-corrected chi connectivity index (χ1v) is 8.07. The molecule has 1 atom stereocenters. The number of nitro groups is 1. The van der Waals surface area contributed by atoms with Gasteiger partial charge in [-0.25, -0.2) is 4.98 Å². The number of carbonyl (C=O) groups excluding carboxylic acids is 1. The summed E-state index contributed by atoms with van der Waals surface area (Å²) in [4.78, 5) is 27.1. The van der Waals surface area contributed by atoms with Crippen molar-refractivity contribution in [1.82, 2.24) is 24.6 Å². The van der Waals surface area contributed by atoms with Crippen LogP contribution in [0.2, 0.25) is 0 Å². The molecular formula is C17H18N6O3. The SMILES string of the molecule is CC(CNC(=O)c1ccc(-n2ccnc2)c([N+](=O)[O-])c1)Cn1cccn1. The van der Waals surface area contributed by atoms with Crippen molar-refractivity contribution in [1.29, 1.82) is 0 Å². The first kappa shape index (κ1) is 17.3. The lowest BCUT2D eigenvalue weighted by Crippen LogP contribution is -2.30. The summed E-state index contributed by atoms with van der Waals surface area (Å²) in [5.74, 6) is -0.184. The van der Waals surface area contributed by atoms with E-state index in [1.54, 1.807) is 29.2 Å². The predicted octanol–water partition coefficient (Wildman–Crippen LogP) is 2.04. The molecule has 0 radical (unpaired) electrons. The van der Waals surface area contributed by atoms with Crippen LogP contribution in [-0.2, 0) is 6.54 Å². The highest BCUT2D eigenvalue weighted by atomic mass is 16.6. The molecule has 0 aliphatic heterocycles. The highest BCUT2D eigenvalue weighted by molar-refractivity contribution is 5.95. The molecular weight excluding hydrogens is 336 g/mol. The maximum atomic E-state index is 12.3. The number of carbonyl (C=O) groups is 1. The molecule has 0 fully saturated rings. The Morgan fingerprint density at radius 3 is 2.85 bits per heavy atom. The van der Waals surface area contributed by atoms with E-state index < -0.39 is 4.92 Å². The Morgan fingerprint density at radius 1 is 1.35 bits per heavy atom. The fourth-order valence-corrected chi connectivity index (χ4v) is 2.59. The normalized spacial score (nSPS) is 11.9. The molecule has 26 heavy (non-hydrogen) atoms. The van der Waals surface area contributed by atoms with Gasteiger partial charge in [-0.3, -0.25) is 19.6 Å². The summed E-state index contributed by atoms with van der Waals surface area (Å²) in [6.07, 6.45) is 8.17. The molecule has 1 aromatic carbocycles. The van der Waals surface area contributed by atoms with E-state index in [0.717, 1.165) is 0 Å². The fourth-order valence-electron chi connectivity index (χ4n) is 2.59. The van der Waals surface area contributed by atoms with Gasteiger partial charge in [-0.1, -0.05) is 6.92 Å². The minimum atomic E-state index is -0.507. The summed E-state index contributed by atoms with van der Waals surface area (Å²) in [6.45, 7) is 3.11. The molecule has 134 valence electrons. The maximum absolute atomic E-state index is 12.3. The number of imidazole rings is 1. The lowest BCUT2D eigenvalue weighted by molar-refractivity contribution is -0.384. The number of amides is 1. The van der Waals surface area contributed by atoms with Crippen LogP contribution < -0.4 is 5.32 Å². The molecule has 0 saturated carbocycles. The lowest BCUT2D eigenvalue weighted by atomic mass is 10.1. The molecule has 1 amide bonds. The summed E-state index contributed by atoms with van der Waals surface area (Å²) in [6, 6.07) is 6.23. The van der Waals surface area contributed by atoms with Gasteiger partial charge in [-0.15, -0.1) is 0 Å². The Balaban J connectivity index is 1.69. The highest BCUT2D eigenvalue weighted by Gasteiger charge is 2.19. The van der Waals surface area contributed by atoms with Crippen molar-refractivity contribution in [2.45, 2.75) is 13.5 Å². The smallest absolute Gasteiger partial charge is 0.294 e. The largest absolute Gasteiger partial charge is 0.352 e. The zero-order chi connectivity index (χ0) is 18.5. The molecule has 3 aromatic rings. The monoisotopic (exact) mass is 354 g/mol. The van der Waals surface area contributed by atoms with Crippen molar-refractivity contribution in [2.75, 3.05) is 6.54 Å². The van der Waals surface area contributed by atoms with Crippen molar-refractivity contribution in [3.63, 3.8) is 0 Å². The minimum absolute atomic E-state index is 0.153. The topological polar surface area (TPSA) is 108 Å². The van der Waals surface area contributed by atoms with Crippen molar-refractivity contribution in [2.24, 2.45) is 5.92 Å². The van der Waals surface area contributed by atoms with E-state index in [2.05, 4.69) is 15.4 Å². The number of hydrogen-bond acceptors (Lipinski definition) is 5. The molecule has 0 spiro atoms. The number of nitro benzene ring substituents is 1. The number of benzene rings is 1. The van der Waals surface area contributed by atoms with Gasteiger partial charge in [-0.05, 0) is 24.1 Å². The highest BCUT2D eigenvalue weighted by Crippen LogP contribution is 2.24. The second-order valence-electron chi connectivity index (χ2n) is 5.97. The molecule has 0 bridgehead atoms. The zero-order valence-electron chi connectivity index (χ0n) is 14.1. The molecule has 2 heterocycles. The second kappa shape index (κ2) is 7.60. The molecule has 0 aliphatic rings. The van der Waals surface area contributed by atoms with E-state index in [4.69, 9.17) is 0 Å². The van der Waals surface area contributed by atoms with Gasteiger partial charge >= 0.3 is 0 Å². The van der Waals surface area contributed by atoms with Crippen molar-refractivity contribution in [3.8, 4) is 5.69 Å². The predicted molar refractivity (Wildman–Crippen MR) is 93.9 cm³/mol. The van der Waals surface area contributed by atoms with Gasteiger partial charge in [0.2, 0.25) is 0 Å². The van der Waals surface area contributed by atoms with Gasteiger partial charge in [-0.2, -0.15) is 5.10 Å². The molecule has 0 aliphatic carbocycles. The van der Waals surface area contributed by atoms with Crippen LogP contribution in [0.3, 0.4) is 0 Å². The molecule has 0 saturated heterocycles. The second-order valence-corrected chi connectivity index (χ2v) is 5.97. The van der Waals surface area contributed by atoms with Crippen LogP contribution >= 0.6 is 0 Å². The summed E-state index contributed by atoms with van der Waals surface area (Å²) in [5, 5.41) is 18.3. The van der Waals surface area contributed by atoms with Gasteiger partial charge in [0.05, 0.1) is 11.3 Å². The Morgan fingerprint density at radius 2 is 2.19 bits per heavy atom. The Labute approximate surface area is 149 Å². The Hall–Kier alpha value is -3.49. The zero-order valence-corrected chi connectivity index (χ0v) is 14.1. The van der Waals surface area contributed by atoms with Crippen LogP contribution in [-0.4, -0.2) is 36.7 Å². The summed E-state index contributed by atoms with van der Waals surface area (Å²) in [5.41, 5.74) is 0.447. The van der Waals surface area contributed by atoms with Crippen LogP contribution in [0.15, 0.2) is 55.4 Å². The quantitative estimate of drug-likeness (QED) is 0.516. The summed E-state index contributed by atoms with van der Waals surface area (Å²) < 4.78 is 3.33. The van der Waals surface area contributed by atoms with Crippen LogP contribution in [0.1, 0.15) is 17.3 Å². The van der Waals surface area contributed by atoms with Gasteiger partial charge in [0.15, 0.2) is 0 Å². The first-order valence-electron chi connectivity index (χ1n) is 8.07. The number of aromatic nitrogens is 4. The van der Waals surface area contributed by atoms with Crippen molar-refractivity contribution < 1.29 is 9.72 Å². The maximum Gasteiger partial charge on any atom is 0.294 e. The van der Waals surface area contributed by atoms with Crippen molar-refractivity contribution >= 4 is 11.6 Å². The van der Waals surface area contributed by atoms with E-state index in [-0.39, 0.29) is 23.1 Å². The van der Waals surface area contributed by atoms with Gasteiger partial charge < -0.3 is 9.88 Å². The van der Waals surface area contributed by atoms with E-state index >= 15 is 0 Å². The third kappa shape index (κ3) is 3.94. The van der Waals surface area contributed by atoms with E-state index in [1.807, 2.05) is 19.2 Å². The lowest BCUT2D eigenvalue weighted by Gasteiger charge is -2.13. The van der Waals surface area contributed by atoms with Gasteiger partial charge in [0, 0.05) is 49.5 Å². The Kier molecular flexibility index (Phi) is 5.07. The van der Waals surface area contributed by atoms with Crippen LogP contribution in [0.5, 0.6) is 0 Å². The van der Waals surface area contributed by atoms with E-state index in [1.165, 1.54) is 23.2 Å². The Bertz CT molecular complexity index is 889. The number of nitrogens with one attached hydrogen (secondary N) is 1. The number of rotatable bonds is 7. The van der Waals surface area contributed by atoms with Gasteiger partial charge in [0.1, 0.15) is 5.69 Å². The average molecular weight is 354 g/mol. The van der Waals surface area contributed by atoms with Crippen LogP contribution in [0, 0.1) is 16.0 Å². The minimum Gasteiger partial charge on any atom is -0.352 e. The third-order valence-electron chi connectivity index (χ3n) is 3.89. The molecule has 1 unspecified atom stereocenters. The molecule has 9 heteroatoms. The number of nitrogens with zero attached hydrogens (tertiary/aromatic N) is 5. The summed E-state index contributed by atoms with van der Waals surface area (Å²) in [7, 11) is 0. The van der Waals surface area contributed by atoms with E-state index in [9.17, 15) is 14.9 Å².